The standard InChI is InChI=1S/C15H19NO6/c1-9(6-10-2-3-12(17)13(18)7-10)14(19)16-4-5-22-8-11(16)15(20)21/h2-3,7,9,11,17-18H,4-6,8H2,1H3,(H,20,21). The minimum absolute atomic E-state index is 0.00616. The number of carbonyl (C=O) groups is 2. The number of carbonyl (C=O) groups excluding carboxylic acids is 1. The SMILES string of the molecule is CC(Cc1ccc(O)c(O)c1)C(=O)N1CCOCC1C(=O)O. The number of carboxylic acids is 1. The molecule has 2 rings (SSSR count). The molecule has 1 aliphatic heterocycles. The first-order valence-corrected chi connectivity index (χ1v) is 7.02. The van der Waals surface area contributed by atoms with E-state index in [1.165, 1.54) is 17.0 Å². The summed E-state index contributed by atoms with van der Waals surface area (Å²) in [7, 11) is 0. The van der Waals surface area contributed by atoms with Crippen LogP contribution in [-0.4, -0.2) is 57.9 Å². The molecule has 1 aromatic carbocycles. The van der Waals surface area contributed by atoms with Crippen LogP contribution in [0.4, 0.5) is 0 Å². The van der Waals surface area contributed by atoms with Crippen LogP contribution in [0.25, 0.3) is 0 Å². The maximum atomic E-state index is 12.5. The largest absolute Gasteiger partial charge is 0.504 e. The van der Waals surface area contributed by atoms with E-state index in [1.807, 2.05) is 0 Å². The van der Waals surface area contributed by atoms with Gasteiger partial charge < -0.3 is 25.0 Å². The van der Waals surface area contributed by atoms with E-state index in [0.717, 1.165) is 0 Å². The Morgan fingerprint density at radius 2 is 2.09 bits per heavy atom. The Bertz CT molecular complexity index is 573. The maximum Gasteiger partial charge on any atom is 0.328 e. The van der Waals surface area contributed by atoms with E-state index in [4.69, 9.17) is 9.84 Å². The van der Waals surface area contributed by atoms with Crippen molar-refractivity contribution in [2.45, 2.75) is 19.4 Å². The lowest BCUT2D eigenvalue weighted by Crippen LogP contribution is -2.54. The molecule has 0 aromatic heterocycles. The van der Waals surface area contributed by atoms with Gasteiger partial charge in [-0.05, 0) is 24.1 Å². The summed E-state index contributed by atoms with van der Waals surface area (Å²) in [5.74, 6) is -2.25. The Balaban J connectivity index is 2.07. The van der Waals surface area contributed by atoms with E-state index >= 15 is 0 Å². The zero-order valence-corrected chi connectivity index (χ0v) is 12.2. The van der Waals surface area contributed by atoms with Gasteiger partial charge in [0.25, 0.3) is 0 Å². The number of amides is 1. The lowest BCUT2D eigenvalue weighted by molar-refractivity contribution is -0.160. The highest BCUT2D eigenvalue weighted by atomic mass is 16.5. The summed E-state index contributed by atoms with van der Waals surface area (Å²) in [4.78, 5) is 25.0. The van der Waals surface area contributed by atoms with E-state index in [0.29, 0.717) is 18.6 Å². The van der Waals surface area contributed by atoms with Crippen molar-refractivity contribution in [3.05, 3.63) is 23.8 Å². The van der Waals surface area contributed by atoms with Crippen molar-refractivity contribution in [2.75, 3.05) is 19.8 Å². The monoisotopic (exact) mass is 309 g/mol. The molecule has 1 saturated heterocycles. The van der Waals surface area contributed by atoms with Gasteiger partial charge in [-0.25, -0.2) is 4.79 Å². The van der Waals surface area contributed by atoms with Crippen LogP contribution in [0.5, 0.6) is 11.5 Å². The van der Waals surface area contributed by atoms with Gasteiger partial charge in [-0.1, -0.05) is 13.0 Å². The number of aromatic hydroxyl groups is 2. The van der Waals surface area contributed by atoms with E-state index < -0.39 is 17.9 Å². The van der Waals surface area contributed by atoms with Crippen molar-refractivity contribution >= 4 is 11.9 Å². The van der Waals surface area contributed by atoms with Crippen molar-refractivity contribution in [1.29, 1.82) is 0 Å². The molecular formula is C15H19NO6. The molecule has 0 spiro atoms. The molecule has 0 aliphatic carbocycles. The molecule has 22 heavy (non-hydrogen) atoms. The zero-order chi connectivity index (χ0) is 16.3. The van der Waals surface area contributed by atoms with Crippen LogP contribution in [0.3, 0.4) is 0 Å². The molecular weight excluding hydrogens is 290 g/mol. The highest BCUT2D eigenvalue weighted by Crippen LogP contribution is 2.26. The van der Waals surface area contributed by atoms with Gasteiger partial charge in [-0.15, -0.1) is 0 Å². The molecule has 1 fully saturated rings. The van der Waals surface area contributed by atoms with Crippen molar-refractivity contribution in [3.63, 3.8) is 0 Å². The second kappa shape index (κ2) is 6.65. The highest BCUT2D eigenvalue weighted by Gasteiger charge is 2.34. The third-order valence-electron chi connectivity index (χ3n) is 3.70. The lowest BCUT2D eigenvalue weighted by Gasteiger charge is -2.34. The molecule has 0 bridgehead atoms. The third-order valence-corrected chi connectivity index (χ3v) is 3.70. The van der Waals surface area contributed by atoms with Crippen LogP contribution in [0.2, 0.25) is 0 Å². The molecule has 1 amide bonds. The molecule has 7 nitrogen and oxygen atoms in total. The summed E-state index contributed by atoms with van der Waals surface area (Å²) in [5, 5.41) is 27.9. The van der Waals surface area contributed by atoms with Crippen LogP contribution < -0.4 is 0 Å². The van der Waals surface area contributed by atoms with Gasteiger partial charge in [-0.3, -0.25) is 4.79 Å². The number of phenolic OH excluding ortho intramolecular Hbond substituents is 2. The van der Waals surface area contributed by atoms with Crippen molar-refractivity contribution < 1.29 is 29.6 Å². The van der Waals surface area contributed by atoms with Crippen LogP contribution in [0.15, 0.2) is 18.2 Å². The average Bonchev–Trinajstić information content (AvgIpc) is 2.50. The van der Waals surface area contributed by atoms with Gasteiger partial charge in [0.2, 0.25) is 5.91 Å². The molecule has 1 heterocycles. The Kier molecular flexibility index (Phi) is 4.87. The van der Waals surface area contributed by atoms with Crippen LogP contribution >= 0.6 is 0 Å². The van der Waals surface area contributed by atoms with E-state index in [1.54, 1.807) is 13.0 Å². The van der Waals surface area contributed by atoms with Gasteiger partial charge >= 0.3 is 5.97 Å². The number of hydrogen-bond acceptors (Lipinski definition) is 5. The topological polar surface area (TPSA) is 107 Å². The van der Waals surface area contributed by atoms with E-state index in [-0.39, 0.29) is 30.6 Å². The number of nitrogens with zero attached hydrogens (tertiary/aromatic N) is 1. The molecule has 3 N–H and O–H groups in total. The number of benzene rings is 1. The summed E-state index contributed by atoms with van der Waals surface area (Å²) in [6.45, 7) is 2.28. The number of hydrogen-bond donors (Lipinski definition) is 3. The summed E-state index contributed by atoms with van der Waals surface area (Å²) >= 11 is 0. The Labute approximate surface area is 127 Å². The number of rotatable bonds is 4. The van der Waals surface area contributed by atoms with Crippen LogP contribution in [0.1, 0.15) is 12.5 Å². The quantitative estimate of drug-likeness (QED) is 0.703. The molecule has 2 unspecified atom stereocenters. The molecule has 1 aliphatic rings. The molecule has 2 atom stereocenters. The maximum absolute atomic E-state index is 12.5. The minimum Gasteiger partial charge on any atom is -0.504 e. The van der Waals surface area contributed by atoms with Gasteiger partial charge in [0, 0.05) is 12.5 Å². The zero-order valence-electron chi connectivity index (χ0n) is 12.2. The third kappa shape index (κ3) is 3.48. The summed E-state index contributed by atoms with van der Waals surface area (Å²) in [5.41, 5.74) is 0.691. The first kappa shape index (κ1) is 16.1. The normalized spacial score (nSPS) is 19.7. The van der Waals surface area contributed by atoms with Crippen molar-refractivity contribution in [3.8, 4) is 11.5 Å². The smallest absolute Gasteiger partial charge is 0.328 e. The van der Waals surface area contributed by atoms with E-state index in [9.17, 15) is 19.8 Å². The summed E-state index contributed by atoms with van der Waals surface area (Å²) in [6.07, 6.45) is 0.344. The van der Waals surface area contributed by atoms with Crippen molar-refractivity contribution in [2.24, 2.45) is 5.92 Å². The highest BCUT2D eigenvalue weighted by molar-refractivity contribution is 5.85. The fraction of sp³-hybridized carbons (Fsp3) is 0.467. The minimum atomic E-state index is -1.08. The number of carboxylic acid groups (broad SMARTS) is 1. The molecule has 1 aromatic rings. The van der Waals surface area contributed by atoms with Gasteiger partial charge in [-0.2, -0.15) is 0 Å². The molecule has 0 radical (unpaired) electrons. The molecule has 0 saturated carbocycles. The lowest BCUT2D eigenvalue weighted by atomic mass is 9.98. The fourth-order valence-corrected chi connectivity index (χ4v) is 2.49. The Morgan fingerprint density at radius 1 is 1.36 bits per heavy atom. The Hall–Kier alpha value is -2.28. The van der Waals surface area contributed by atoms with Crippen molar-refractivity contribution in [1.82, 2.24) is 4.90 Å². The predicted octanol–water partition coefficient (Wildman–Crippen LogP) is 0.588. The molecule has 7 heteroatoms. The average molecular weight is 309 g/mol. The van der Waals surface area contributed by atoms with Gasteiger partial charge in [0.15, 0.2) is 17.5 Å². The number of ether oxygens (including phenoxy) is 1. The van der Waals surface area contributed by atoms with Crippen LogP contribution in [0, 0.1) is 5.92 Å². The van der Waals surface area contributed by atoms with Gasteiger partial charge in [0.05, 0.1) is 13.2 Å². The predicted molar refractivity (Wildman–Crippen MR) is 76.6 cm³/mol. The number of morpholine rings is 1. The second-order valence-electron chi connectivity index (χ2n) is 5.39. The number of phenols is 2. The van der Waals surface area contributed by atoms with Gasteiger partial charge in [0.1, 0.15) is 0 Å². The number of aliphatic carboxylic acids is 1. The van der Waals surface area contributed by atoms with Crippen LogP contribution in [-0.2, 0) is 20.7 Å². The fourth-order valence-electron chi connectivity index (χ4n) is 2.49. The first-order valence-electron chi connectivity index (χ1n) is 7.02. The Morgan fingerprint density at radius 3 is 2.73 bits per heavy atom. The second-order valence-corrected chi connectivity index (χ2v) is 5.39. The van der Waals surface area contributed by atoms with E-state index in [2.05, 4.69) is 0 Å². The summed E-state index contributed by atoms with van der Waals surface area (Å²) in [6, 6.07) is 3.41. The molecule has 120 valence electrons. The first-order chi connectivity index (χ1) is 10.4. The summed E-state index contributed by atoms with van der Waals surface area (Å²) < 4.78 is 5.12.